The molecule has 16 heavy (non-hydrogen) atoms. The molecule has 90 valence electrons. The summed E-state index contributed by atoms with van der Waals surface area (Å²) >= 11 is 0. The first kappa shape index (κ1) is 11.2. The number of piperidine rings is 1. The Morgan fingerprint density at radius 1 is 1.25 bits per heavy atom. The van der Waals surface area contributed by atoms with Crippen molar-refractivity contribution in [1.82, 2.24) is 4.90 Å². The summed E-state index contributed by atoms with van der Waals surface area (Å²) in [5.74, 6) is -0.709. The van der Waals surface area contributed by atoms with Crippen LogP contribution in [0, 0.1) is 10.8 Å². The van der Waals surface area contributed by atoms with E-state index in [-0.39, 0.29) is 5.41 Å². The van der Waals surface area contributed by atoms with Crippen molar-refractivity contribution in [2.45, 2.75) is 32.6 Å². The Morgan fingerprint density at radius 3 is 2.12 bits per heavy atom. The van der Waals surface area contributed by atoms with Crippen LogP contribution in [0.3, 0.4) is 0 Å². The van der Waals surface area contributed by atoms with Crippen molar-refractivity contribution < 1.29 is 19.8 Å². The number of carboxylic acid groups (broad SMARTS) is 2. The molecule has 1 saturated heterocycles. The summed E-state index contributed by atoms with van der Waals surface area (Å²) in [4.78, 5) is 23.4. The van der Waals surface area contributed by atoms with Gasteiger partial charge in [-0.2, -0.15) is 0 Å². The van der Waals surface area contributed by atoms with Gasteiger partial charge in [0.15, 0.2) is 0 Å². The normalized spacial score (nSPS) is 31.4. The number of carbonyl (C=O) groups is 2. The third kappa shape index (κ3) is 1.30. The highest BCUT2D eigenvalue weighted by atomic mass is 16.4. The quantitative estimate of drug-likeness (QED) is 0.751. The van der Waals surface area contributed by atoms with Crippen LogP contribution in [-0.2, 0) is 4.79 Å². The highest BCUT2D eigenvalue weighted by molar-refractivity contribution is 5.80. The molecule has 0 aromatic heterocycles. The van der Waals surface area contributed by atoms with Gasteiger partial charge in [0.05, 0.1) is 5.41 Å². The Morgan fingerprint density at radius 2 is 1.81 bits per heavy atom. The molecule has 0 radical (unpaired) electrons. The summed E-state index contributed by atoms with van der Waals surface area (Å²) < 4.78 is 0. The first-order chi connectivity index (χ1) is 7.47. The Labute approximate surface area is 94.0 Å². The van der Waals surface area contributed by atoms with E-state index in [4.69, 9.17) is 5.11 Å². The first-order valence-electron chi connectivity index (χ1n) is 5.69. The number of rotatable bonds is 2. The van der Waals surface area contributed by atoms with Crippen LogP contribution in [-0.4, -0.2) is 40.3 Å². The molecule has 0 bridgehead atoms. The predicted octanol–water partition coefficient (Wildman–Crippen LogP) is 1.63. The molecule has 2 rings (SSSR count). The second kappa shape index (κ2) is 3.37. The van der Waals surface area contributed by atoms with Gasteiger partial charge in [-0.05, 0) is 31.1 Å². The molecule has 5 heteroatoms. The van der Waals surface area contributed by atoms with E-state index in [1.807, 2.05) is 6.92 Å². The van der Waals surface area contributed by atoms with E-state index >= 15 is 0 Å². The zero-order valence-electron chi connectivity index (χ0n) is 9.40. The smallest absolute Gasteiger partial charge is 0.407 e. The molecule has 1 amide bonds. The fraction of sp³-hybridized carbons (Fsp3) is 0.818. The molecule has 5 nitrogen and oxygen atoms in total. The van der Waals surface area contributed by atoms with Crippen molar-refractivity contribution in [1.29, 1.82) is 0 Å². The van der Waals surface area contributed by atoms with Crippen molar-refractivity contribution >= 4 is 12.1 Å². The Hall–Kier alpha value is -1.26. The first-order valence-corrected chi connectivity index (χ1v) is 5.69. The summed E-state index contributed by atoms with van der Waals surface area (Å²) in [7, 11) is 0. The lowest BCUT2D eigenvalue weighted by Gasteiger charge is -2.32. The van der Waals surface area contributed by atoms with Crippen LogP contribution in [0.15, 0.2) is 0 Å². The highest BCUT2D eigenvalue weighted by Gasteiger charge is 2.70. The van der Waals surface area contributed by atoms with Gasteiger partial charge in [-0.25, -0.2) is 4.79 Å². The molecule has 1 aliphatic heterocycles. The Kier molecular flexibility index (Phi) is 2.36. The van der Waals surface area contributed by atoms with Crippen LogP contribution in [0.1, 0.15) is 32.6 Å². The van der Waals surface area contributed by atoms with Gasteiger partial charge in [0, 0.05) is 13.1 Å². The number of aliphatic carboxylic acids is 1. The number of nitrogens with zero attached hydrogens (tertiary/aromatic N) is 1. The second-order valence-electron chi connectivity index (χ2n) is 4.97. The lowest BCUT2D eigenvalue weighted by atomic mass is 9.83. The third-order valence-electron chi connectivity index (χ3n) is 4.53. The molecule has 1 saturated carbocycles. The zero-order chi connectivity index (χ0) is 12.0. The lowest BCUT2D eigenvalue weighted by molar-refractivity contribution is -0.145. The highest BCUT2D eigenvalue weighted by Crippen LogP contribution is 2.70. The third-order valence-corrected chi connectivity index (χ3v) is 4.53. The van der Waals surface area contributed by atoms with Crippen molar-refractivity contribution in [3.8, 4) is 0 Å². The molecule has 2 fully saturated rings. The maximum Gasteiger partial charge on any atom is 0.407 e. The monoisotopic (exact) mass is 227 g/mol. The minimum absolute atomic E-state index is 0.125. The number of amides is 1. The van der Waals surface area contributed by atoms with Crippen LogP contribution in [0.4, 0.5) is 4.79 Å². The van der Waals surface area contributed by atoms with E-state index in [2.05, 4.69) is 0 Å². The fourth-order valence-corrected chi connectivity index (χ4v) is 3.27. The van der Waals surface area contributed by atoms with Crippen LogP contribution in [0.5, 0.6) is 0 Å². The van der Waals surface area contributed by atoms with E-state index in [0.29, 0.717) is 32.4 Å². The summed E-state index contributed by atoms with van der Waals surface area (Å²) in [5.41, 5.74) is -0.697. The van der Waals surface area contributed by atoms with Crippen LogP contribution < -0.4 is 0 Å². The van der Waals surface area contributed by atoms with Crippen molar-refractivity contribution in [3.05, 3.63) is 0 Å². The van der Waals surface area contributed by atoms with E-state index in [9.17, 15) is 14.7 Å². The SMILES string of the molecule is CCC1(C(=O)O)CC12CCN(C(=O)O)CC2. The van der Waals surface area contributed by atoms with E-state index in [0.717, 1.165) is 6.42 Å². The summed E-state index contributed by atoms with van der Waals surface area (Å²) in [5, 5.41) is 18.1. The van der Waals surface area contributed by atoms with Crippen LogP contribution in [0.2, 0.25) is 0 Å². The van der Waals surface area contributed by atoms with Crippen molar-refractivity contribution in [3.63, 3.8) is 0 Å². The summed E-state index contributed by atoms with van der Waals surface area (Å²) in [6, 6.07) is 0. The van der Waals surface area contributed by atoms with Crippen LogP contribution >= 0.6 is 0 Å². The minimum atomic E-state index is -0.895. The minimum Gasteiger partial charge on any atom is -0.481 e. The zero-order valence-corrected chi connectivity index (χ0v) is 9.40. The number of likely N-dealkylation sites (tertiary alicyclic amines) is 1. The maximum absolute atomic E-state index is 11.3. The second-order valence-corrected chi connectivity index (χ2v) is 4.97. The van der Waals surface area contributed by atoms with Gasteiger partial charge >= 0.3 is 12.1 Å². The van der Waals surface area contributed by atoms with Gasteiger partial charge in [-0.15, -0.1) is 0 Å². The molecule has 1 aliphatic carbocycles. The largest absolute Gasteiger partial charge is 0.481 e. The van der Waals surface area contributed by atoms with Crippen molar-refractivity contribution in [2.75, 3.05) is 13.1 Å². The topological polar surface area (TPSA) is 77.8 Å². The maximum atomic E-state index is 11.3. The Balaban J connectivity index is 2.05. The molecule has 0 aromatic rings. The standard InChI is InChI=1S/C11H17NO4/c1-2-11(8(13)14)7-10(11)3-5-12(6-4-10)9(15)16/h2-7H2,1H3,(H,13,14)(H,15,16). The molecule has 2 aliphatic rings. The molecule has 1 unspecified atom stereocenters. The molecular weight excluding hydrogens is 210 g/mol. The lowest BCUT2D eigenvalue weighted by Crippen LogP contribution is -2.40. The van der Waals surface area contributed by atoms with Gasteiger partial charge in [-0.3, -0.25) is 4.79 Å². The van der Waals surface area contributed by atoms with Gasteiger partial charge in [0.1, 0.15) is 0 Å². The average molecular weight is 227 g/mol. The number of hydrogen-bond acceptors (Lipinski definition) is 2. The molecule has 1 atom stereocenters. The number of carboxylic acids is 1. The number of hydrogen-bond donors (Lipinski definition) is 2. The van der Waals surface area contributed by atoms with E-state index in [1.54, 1.807) is 0 Å². The Bertz CT molecular complexity index is 333. The van der Waals surface area contributed by atoms with Gasteiger partial charge in [0.2, 0.25) is 0 Å². The summed E-state index contributed by atoms with van der Waals surface area (Å²) in [6.45, 7) is 2.86. The van der Waals surface area contributed by atoms with Crippen LogP contribution in [0.25, 0.3) is 0 Å². The predicted molar refractivity (Wildman–Crippen MR) is 56.2 cm³/mol. The molecule has 2 N–H and O–H groups in total. The average Bonchev–Trinajstić information content (AvgIpc) is 2.88. The molecule has 0 aromatic carbocycles. The fourth-order valence-electron chi connectivity index (χ4n) is 3.27. The molecule has 1 heterocycles. The van der Waals surface area contributed by atoms with Gasteiger partial charge < -0.3 is 15.1 Å². The molecular formula is C11H17NO4. The van der Waals surface area contributed by atoms with E-state index < -0.39 is 17.5 Å². The summed E-state index contributed by atoms with van der Waals surface area (Å²) in [6.07, 6.45) is 1.86. The van der Waals surface area contributed by atoms with Gasteiger partial charge in [-0.1, -0.05) is 6.92 Å². The van der Waals surface area contributed by atoms with E-state index in [1.165, 1.54) is 4.90 Å². The van der Waals surface area contributed by atoms with Crippen molar-refractivity contribution in [2.24, 2.45) is 10.8 Å². The van der Waals surface area contributed by atoms with Gasteiger partial charge in [0.25, 0.3) is 0 Å². The molecule has 1 spiro atoms.